The Morgan fingerprint density at radius 3 is 3.00 bits per heavy atom. The van der Waals surface area contributed by atoms with Gasteiger partial charge in [0.05, 0.1) is 6.61 Å². The molecule has 0 saturated heterocycles. The second-order valence-electron chi connectivity index (χ2n) is 3.96. The zero-order valence-electron chi connectivity index (χ0n) is 10.3. The molecular formula is C13H12N2O4. The number of Topliss-reactive ketones (excluding diaryl/α,β-unsaturated/α-hetero) is 1. The van der Waals surface area contributed by atoms with Crippen molar-refractivity contribution in [2.75, 3.05) is 20.3 Å². The standard InChI is InChI=1S/C13H12N2O4/c1-18-2-3-19-12-5-9-8(7-15-12)4-11(16)10(6-14)13(9)17/h5,7,17H,2-4H2,1H3. The molecule has 0 unspecified atom stereocenters. The number of ketones is 1. The minimum absolute atomic E-state index is 0.0631. The minimum Gasteiger partial charge on any atom is -0.506 e. The van der Waals surface area contributed by atoms with Gasteiger partial charge in [0.15, 0.2) is 5.78 Å². The lowest BCUT2D eigenvalue weighted by atomic mass is 9.91. The second kappa shape index (κ2) is 5.50. The van der Waals surface area contributed by atoms with Gasteiger partial charge < -0.3 is 14.6 Å². The molecule has 98 valence electrons. The van der Waals surface area contributed by atoms with Crippen LogP contribution in [0.25, 0.3) is 5.76 Å². The van der Waals surface area contributed by atoms with Crippen molar-refractivity contribution in [2.24, 2.45) is 0 Å². The molecule has 1 aliphatic rings. The maximum absolute atomic E-state index is 11.6. The van der Waals surface area contributed by atoms with Gasteiger partial charge in [-0.25, -0.2) is 4.98 Å². The first-order chi connectivity index (χ1) is 9.17. The molecule has 1 aliphatic carbocycles. The highest BCUT2D eigenvalue weighted by atomic mass is 16.5. The lowest BCUT2D eigenvalue weighted by Gasteiger charge is -2.15. The van der Waals surface area contributed by atoms with Crippen LogP contribution in [0.3, 0.4) is 0 Å². The molecule has 19 heavy (non-hydrogen) atoms. The van der Waals surface area contributed by atoms with Crippen LogP contribution in [0.1, 0.15) is 11.1 Å². The van der Waals surface area contributed by atoms with Crippen molar-refractivity contribution in [3.05, 3.63) is 29.0 Å². The molecule has 1 heterocycles. The molecule has 0 fully saturated rings. The number of aromatic nitrogens is 1. The first-order valence-corrected chi connectivity index (χ1v) is 5.65. The topological polar surface area (TPSA) is 92.4 Å². The van der Waals surface area contributed by atoms with Crippen LogP contribution in [-0.2, 0) is 16.0 Å². The summed E-state index contributed by atoms with van der Waals surface area (Å²) < 4.78 is 10.2. The Morgan fingerprint density at radius 1 is 1.53 bits per heavy atom. The summed E-state index contributed by atoms with van der Waals surface area (Å²) in [6.07, 6.45) is 1.54. The van der Waals surface area contributed by atoms with Crippen molar-refractivity contribution in [3.63, 3.8) is 0 Å². The fraction of sp³-hybridized carbons (Fsp3) is 0.308. The molecule has 0 radical (unpaired) electrons. The average molecular weight is 260 g/mol. The number of aliphatic hydroxyl groups is 1. The maximum atomic E-state index is 11.6. The Kier molecular flexibility index (Phi) is 3.78. The zero-order valence-corrected chi connectivity index (χ0v) is 10.3. The van der Waals surface area contributed by atoms with Gasteiger partial charge in [-0.1, -0.05) is 0 Å². The van der Waals surface area contributed by atoms with Crippen molar-refractivity contribution < 1.29 is 19.4 Å². The molecule has 2 rings (SSSR count). The summed E-state index contributed by atoms with van der Waals surface area (Å²) in [6.45, 7) is 0.749. The Bertz CT molecular complexity index is 587. The predicted octanol–water partition coefficient (Wildman–Crippen LogP) is 1.02. The number of rotatable bonds is 4. The number of carbonyl (C=O) groups excluding carboxylic acids is 1. The van der Waals surface area contributed by atoms with E-state index in [-0.39, 0.29) is 17.8 Å². The van der Waals surface area contributed by atoms with Crippen LogP contribution in [-0.4, -0.2) is 36.2 Å². The molecule has 0 amide bonds. The van der Waals surface area contributed by atoms with E-state index in [2.05, 4.69) is 4.98 Å². The molecule has 0 aliphatic heterocycles. The van der Waals surface area contributed by atoms with Gasteiger partial charge in [-0.2, -0.15) is 5.26 Å². The van der Waals surface area contributed by atoms with E-state index in [4.69, 9.17) is 14.7 Å². The van der Waals surface area contributed by atoms with E-state index >= 15 is 0 Å². The second-order valence-corrected chi connectivity index (χ2v) is 3.96. The van der Waals surface area contributed by atoms with Crippen molar-refractivity contribution in [2.45, 2.75) is 6.42 Å². The number of allylic oxidation sites excluding steroid dienone is 1. The van der Waals surface area contributed by atoms with Gasteiger partial charge in [-0.3, -0.25) is 4.79 Å². The number of nitriles is 1. The molecule has 0 aromatic carbocycles. The van der Waals surface area contributed by atoms with E-state index in [1.165, 1.54) is 12.3 Å². The maximum Gasteiger partial charge on any atom is 0.214 e. The number of aliphatic hydroxyl groups excluding tert-OH is 1. The summed E-state index contributed by atoms with van der Waals surface area (Å²) in [7, 11) is 1.56. The average Bonchev–Trinajstić information content (AvgIpc) is 2.40. The summed E-state index contributed by atoms with van der Waals surface area (Å²) in [4.78, 5) is 15.6. The van der Waals surface area contributed by atoms with E-state index in [0.29, 0.717) is 30.2 Å². The van der Waals surface area contributed by atoms with Gasteiger partial charge in [0.2, 0.25) is 5.88 Å². The Balaban J connectivity index is 2.32. The van der Waals surface area contributed by atoms with Gasteiger partial charge in [0.1, 0.15) is 24.0 Å². The minimum atomic E-state index is -0.401. The van der Waals surface area contributed by atoms with Crippen molar-refractivity contribution in [1.82, 2.24) is 4.98 Å². The van der Waals surface area contributed by atoms with Crippen LogP contribution < -0.4 is 4.74 Å². The molecule has 0 spiro atoms. The number of hydrogen-bond donors (Lipinski definition) is 1. The third-order valence-corrected chi connectivity index (χ3v) is 2.73. The summed E-state index contributed by atoms with van der Waals surface area (Å²) >= 11 is 0. The first-order valence-electron chi connectivity index (χ1n) is 5.65. The quantitative estimate of drug-likeness (QED) is 0.812. The number of pyridine rings is 1. The third kappa shape index (κ3) is 2.56. The van der Waals surface area contributed by atoms with E-state index in [1.807, 2.05) is 0 Å². The number of methoxy groups -OCH3 is 1. The number of hydrogen-bond acceptors (Lipinski definition) is 6. The lowest BCUT2D eigenvalue weighted by Crippen LogP contribution is -2.16. The zero-order chi connectivity index (χ0) is 13.8. The van der Waals surface area contributed by atoms with Gasteiger partial charge in [0, 0.05) is 31.4 Å². The highest BCUT2D eigenvalue weighted by molar-refractivity contribution is 6.08. The number of carbonyl (C=O) groups is 1. The van der Waals surface area contributed by atoms with Crippen molar-refractivity contribution in [3.8, 4) is 11.9 Å². The summed E-state index contributed by atoms with van der Waals surface area (Å²) in [5.41, 5.74) is 0.778. The van der Waals surface area contributed by atoms with E-state index in [9.17, 15) is 9.90 Å². The fourth-order valence-electron chi connectivity index (χ4n) is 1.78. The van der Waals surface area contributed by atoms with Gasteiger partial charge in [-0.05, 0) is 5.56 Å². The van der Waals surface area contributed by atoms with Crippen LogP contribution in [0.5, 0.6) is 5.88 Å². The van der Waals surface area contributed by atoms with Crippen LogP contribution in [0, 0.1) is 11.3 Å². The smallest absolute Gasteiger partial charge is 0.214 e. The molecule has 1 N–H and O–H groups in total. The largest absolute Gasteiger partial charge is 0.506 e. The van der Waals surface area contributed by atoms with Gasteiger partial charge >= 0.3 is 0 Å². The summed E-state index contributed by atoms with van der Waals surface area (Å²) in [5.74, 6) is -0.399. The third-order valence-electron chi connectivity index (χ3n) is 2.73. The van der Waals surface area contributed by atoms with Crippen molar-refractivity contribution in [1.29, 1.82) is 5.26 Å². The monoisotopic (exact) mass is 260 g/mol. The van der Waals surface area contributed by atoms with Gasteiger partial charge in [0.25, 0.3) is 0 Å². The highest BCUT2D eigenvalue weighted by Gasteiger charge is 2.26. The molecule has 6 nitrogen and oxygen atoms in total. The van der Waals surface area contributed by atoms with Crippen LogP contribution in [0.4, 0.5) is 0 Å². The SMILES string of the molecule is COCCOc1cc2c(cn1)CC(=O)C(C#N)=C2O. The summed E-state index contributed by atoms with van der Waals surface area (Å²) in [6, 6.07) is 3.23. The first kappa shape index (κ1) is 13.1. The number of fused-ring (bicyclic) bond motifs is 1. The predicted molar refractivity (Wildman–Crippen MR) is 65.5 cm³/mol. The Labute approximate surface area is 109 Å². The molecule has 6 heteroatoms. The Hall–Kier alpha value is -2.39. The fourth-order valence-corrected chi connectivity index (χ4v) is 1.78. The van der Waals surface area contributed by atoms with E-state index in [0.717, 1.165) is 0 Å². The van der Waals surface area contributed by atoms with Crippen molar-refractivity contribution >= 4 is 11.5 Å². The molecule has 1 aromatic heterocycles. The highest BCUT2D eigenvalue weighted by Crippen LogP contribution is 2.29. The van der Waals surface area contributed by atoms with E-state index < -0.39 is 5.78 Å². The number of nitrogens with zero attached hydrogens (tertiary/aromatic N) is 2. The normalized spacial score (nSPS) is 14.0. The van der Waals surface area contributed by atoms with E-state index in [1.54, 1.807) is 13.2 Å². The molecular weight excluding hydrogens is 248 g/mol. The number of ether oxygens (including phenoxy) is 2. The molecule has 0 atom stereocenters. The molecule has 1 aromatic rings. The molecule has 0 saturated carbocycles. The molecule has 0 bridgehead atoms. The van der Waals surface area contributed by atoms with Crippen LogP contribution in [0.15, 0.2) is 17.8 Å². The van der Waals surface area contributed by atoms with Crippen LogP contribution in [0.2, 0.25) is 0 Å². The summed E-state index contributed by atoms with van der Waals surface area (Å²) in [5, 5.41) is 18.8. The lowest BCUT2D eigenvalue weighted by molar-refractivity contribution is -0.114. The Morgan fingerprint density at radius 2 is 2.32 bits per heavy atom. The van der Waals surface area contributed by atoms with Crippen LogP contribution >= 0.6 is 0 Å². The van der Waals surface area contributed by atoms with Gasteiger partial charge in [-0.15, -0.1) is 0 Å².